The zero-order valence-corrected chi connectivity index (χ0v) is 9.25. The summed E-state index contributed by atoms with van der Waals surface area (Å²) in [5, 5.41) is 10.4. The summed E-state index contributed by atoms with van der Waals surface area (Å²) in [7, 11) is 0. The van der Waals surface area contributed by atoms with E-state index >= 15 is 0 Å². The highest BCUT2D eigenvalue weighted by Crippen LogP contribution is 2.30. The van der Waals surface area contributed by atoms with Crippen molar-refractivity contribution in [2.75, 3.05) is 5.73 Å². The van der Waals surface area contributed by atoms with Crippen molar-refractivity contribution in [3.8, 4) is 0 Å². The summed E-state index contributed by atoms with van der Waals surface area (Å²) in [5.74, 6) is 0.434. The predicted octanol–water partition coefficient (Wildman–Crippen LogP) is 3.00. The first kappa shape index (κ1) is 11.3. The molecule has 0 aliphatic heterocycles. The lowest BCUT2D eigenvalue weighted by Gasteiger charge is -2.15. The van der Waals surface area contributed by atoms with Crippen molar-refractivity contribution in [3.05, 3.63) is 28.8 Å². The highest BCUT2D eigenvalue weighted by Gasteiger charge is 2.13. The zero-order valence-electron chi connectivity index (χ0n) is 8.50. The summed E-state index contributed by atoms with van der Waals surface area (Å²) in [4.78, 5) is 0. The first-order chi connectivity index (χ1) is 6.52. The number of nitrogen functional groups attached to an aromatic ring is 1. The normalized spacial score (nSPS) is 13.2. The van der Waals surface area contributed by atoms with E-state index in [2.05, 4.69) is 13.8 Å². The minimum atomic E-state index is -0.520. The third kappa shape index (κ3) is 2.63. The Balaban J connectivity index is 2.89. The van der Waals surface area contributed by atoms with Crippen molar-refractivity contribution in [2.24, 2.45) is 5.92 Å². The van der Waals surface area contributed by atoms with E-state index < -0.39 is 6.10 Å². The first-order valence-electron chi connectivity index (χ1n) is 4.74. The molecule has 0 fully saturated rings. The Kier molecular flexibility index (Phi) is 3.78. The molecule has 3 heteroatoms. The van der Waals surface area contributed by atoms with Crippen LogP contribution < -0.4 is 5.73 Å². The second-order valence-electron chi connectivity index (χ2n) is 3.89. The van der Waals surface area contributed by atoms with Crippen LogP contribution in [0.4, 0.5) is 5.69 Å². The maximum atomic E-state index is 9.86. The molecule has 1 rings (SSSR count). The molecule has 0 saturated carbocycles. The third-order valence-corrected chi connectivity index (χ3v) is 2.47. The molecule has 0 aliphatic rings. The van der Waals surface area contributed by atoms with E-state index in [1.165, 1.54) is 0 Å². The second-order valence-corrected chi connectivity index (χ2v) is 4.30. The Morgan fingerprint density at radius 3 is 2.64 bits per heavy atom. The molecule has 1 aromatic carbocycles. The van der Waals surface area contributed by atoms with Gasteiger partial charge in [-0.2, -0.15) is 0 Å². The van der Waals surface area contributed by atoms with Crippen LogP contribution >= 0.6 is 11.6 Å². The fourth-order valence-electron chi connectivity index (χ4n) is 1.42. The van der Waals surface area contributed by atoms with Crippen LogP contribution in [-0.4, -0.2) is 5.11 Å². The number of aliphatic hydroxyl groups excluding tert-OH is 1. The second kappa shape index (κ2) is 4.67. The Morgan fingerprint density at radius 1 is 1.43 bits per heavy atom. The molecule has 0 aromatic heterocycles. The molecule has 3 N–H and O–H groups in total. The van der Waals surface area contributed by atoms with Gasteiger partial charge in [-0.25, -0.2) is 0 Å². The average molecular weight is 214 g/mol. The van der Waals surface area contributed by atoms with Gasteiger partial charge in [-0.1, -0.05) is 37.6 Å². The standard InChI is InChI=1S/C11H16ClNO/c1-7(2)6-10(14)8-4-3-5-9(12)11(8)13/h3-5,7,10,14H,6,13H2,1-2H3. The number of halogens is 1. The number of anilines is 1. The zero-order chi connectivity index (χ0) is 10.7. The maximum absolute atomic E-state index is 9.86. The average Bonchev–Trinajstić information content (AvgIpc) is 2.08. The van der Waals surface area contributed by atoms with Gasteiger partial charge >= 0.3 is 0 Å². The van der Waals surface area contributed by atoms with Gasteiger partial charge in [0.05, 0.1) is 16.8 Å². The molecule has 0 amide bonds. The SMILES string of the molecule is CC(C)CC(O)c1cccc(Cl)c1N. The van der Waals surface area contributed by atoms with Gasteiger partial charge < -0.3 is 10.8 Å². The van der Waals surface area contributed by atoms with Gasteiger partial charge in [0, 0.05) is 5.56 Å². The Hall–Kier alpha value is -0.730. The Bertz CT molecular complexity index is 312. The number of para-hydroxylation sites is 1. The summed E-state index contributed by atoms with van der Waals surface area (Å²) < 4.78 is 0. The molecule has 0 radical (unpaired) electrons. The predicted molar refractivity (Wildman–Crippen MR) is 60.3 cm³/mol. The third-order valence-electron chi connectivity index (χ3n) is 2.14. The minimum absolute atomic E-state index is 0.434. The lowest BCUT2D eigenvalue weighted by Crippen LogP contribution is -2.05. The van der Waals surface area contributed by atoms with Gasteiger partial charge in [-0.15, -0.1) is 0 Å². The smallest absolute Gasteiger partial charge is 0.0812 e. The van der Waals surface area contributed by atoms with Crippen LogP contribution in [0.1, 0.15) is 31.9 Å². The highest BCUT2D eigenvalue weighted by atomic mass is 35.5. The van der Waals surface area contributed by atoms with E-state index in [1.807, 2.05) is 6.07 Å². The fraction of sp³-hybridized carbons (Fsp3) is 0.455. The van der Waals surface area contributed by atoms with Crippen molar-refractivity contribution < 1.29 is 5.11 Å². The number of rotatable bonds is 3. The summed E-state index contributed by atoms with van der Waals surface area (Å²) in [6, 6.07) is 5.34. The van der Waals surface area contributed by atoms with Crippen molar-refractivity contribution >= 4 is 17.3 Å². The van der Waals surface area contributed by atoms with Crippen molar-refractivity contribution in [1.29, 1.82) is 0 Å². The van der Waals surface area contributed by atoms with Gasteiger partial charge in [-0.05, 0) is 18.4 Å². The van der Waals surface area contributed by atoms with Crippen molar-refractivity contribution in [2.45, 2.75) is 26.4 Å². The molecule has 0 aliphatic carbocycles. The molecule has 0 spiro atoms. The van der Waals surface area contributed by atoms with Crippen molar-refractivity contribution in [1.82, 2.24) is 0 Å². The van der Waals surface area contributed by atoms with Crippen LogP contribution in [-0.2, 0) is 0 Å². The molecule has 1 unspecified atom stereocenters. The molecule has 14 heavy (non-hydrogen) atoms. The van der Waals surface area contributed by atoms with Gasteiger partial charge in [0.25, 0.3) is 0 Å². The summed E-state index contributed by atoms with van der Waals surface area (Å²) in [6.07, 6.45) is 0.179. The fourth-order valence-corrected chi connectivity index (χ4v) is 1.60. The first-order valence-corrected chi connectivity index (χ1v) is 5.12. The van der Waals surface area contributed by atoms with Crippen LogP contribution in [0.15, 0.2) is 18.2 Å². The van der Waals surface area contributed by atoms with E-state index in [-0.39, 0.29) is 0 Å². The topological polar surface area (TPSA) is 46.2 Å². The number of hydrogen-bond donors (Lipinski definition) is 2. The van der Waals surface area contributed by atoms with E-state index in [9.17, 15) is 5.11 Å². The van der Waals surface area contributed by atoms with E-state index in [1.54, 1.807) is 12.1 Å². The van der Waals surface area contributed by atoms with Crippen LogP contribution in [0.2, 0.25) is 5.02 Å². The molecule has 2 nitrogen and oxygen atoms in total. The van der Waals surface area contributed by atoms with E-state index in [4.69, 9.17) is 17.3 Å². The Labute approximate surface area is 89.7 Å². The van der Waals surface area contributed by atoms with Gasteiger partial charge in [0.2, 0.25) is 0 Å². The Morgan fingerprint density at radius 2 is 2.07 bits per heavy atom. The van der Waals surface area contributed by atoms with Crippen LogP contribution in [0.5, 0.6) is 0 Å². The number of hydrogen-bond acceptors (Lipinski definition) is 2. The summed E-state index contributed by atoms with van der Waals surface area (Å²) in [5.41, 5.74) is 6.98. The number of nitrogens with two attached hydrogens (primary N) is 1. The number of aliphatic hydroxyl groups is 1. The van der Waals surface area contributed by atoms with Crippen molar-refractivity contribution in [3.63, 3.8) is 0 Å². The molecule has 1 atom stereocenters. The lowest BCUT2D eigenvalue weighted by atomic mass is 9.98. The van der Waals surface area contributed by atoms with Crippen LogP contribution in [0, 0.1) is 5.92 Å². The molecule has 78 valence electrons. The van der Waals surface area contributed by atoms with E-state index in [0.717, 1.165) is 5.56 Å². The van der Waals surface area contributed by atoms with Crippen LogP contribution in [0.25, 0.3) is 0 Å². The molecular weight excluding hydrogens is 198 g/mol. The molecule has 0 saturated heterocycles. The van der Waals surface area contributed by atoms with E-state index in [0.29, 0.717) is 23.0 Å². The summed E-state index contributed by atoms with van der Waals surface area (Å²) in [6.45, 7) is 4.12. The van der Waals surface area contributed by atoms with Gasteiger partial charge in [-0.3, -0.25) is 0 Å². The molecule has 0 bridgehead atoms. The molecule has 0 heterocycles. The summed E-state index contributed by atoms with van der Waals surface area (Å²) >= 11 is 5.86. The largest absolute Gasteiger partial charge is 0.397 e. The minimum Gasteiger partial charge on any atom is -0.397 e. The van der Waals surface area contributed by atoms with Gasteiger partial charge in [0.15, 0.2) is 0 Å². The maximum Gasteiger partial charge on any atom is 0.0812 e. The monoisotopic (exact) mass is 213 g/mol. The number of benzene rings is 1. The molecular formula is C11H16ClNO. The molecule has 1 aromatic rings. The quantitative estimate of drug-likeness (QED) is 0.759. The van der Waals surface area contributed by atoms with Gasteiger partial charge in [0.1, 0.15) is 0 Å². The lowest BCUT2D eigenvalue weighted by molar-refractivity contribution is 0.152. The highest BCUT2D eigenvalue weighted by molar-refractivity contribution is 6.33. The van der Waals surface area contributed by atoms with Crippen LogP contribution in [0.3, 0.4) is 0 Å².